The number of carboxylic acid groups (broad SMARTS) is 1. The second-order valence-corrected chi connectivity index (χ2v) is 7.46. The Morgan fingerprint density at radius 2 is 1.92 bits per heavy atom. The molecule has 0 aliphatic carbocycles. The van der Waals surface area contributed by atoms with Crippen molar-refractivity contribution < 1.29 is 30.6 Å². The minimum Gasteiger partial charge on any atom is -0.550 e. The fourth-order valence-electron chi connectivity index (χ4n) is 1.69. The highest BCUT2D eigenvalue weighted by Crippen LogP contribution is 2.19. The molecule has 8 heteroatoms. The van der Waals surface area contributed by atoms with E-state index in [1.54, 1.807) is 0 Å². The third kappa shape index (κ3) is 11.1. The summed E-state index contributed by atoms with van der Waals surface area (Å²) in [6.45, 7) is 3.63. The first kappa shape index (κ1) is 24.4. The molecule has 7 nitrogen and oxygen atoms in total. The van der Waals surface area contributed by atoms with Crippen molar-refractivity contribution in [3.05, 3.63) is 35.9 Å². The number of benzene rings is 1. The molecule has 6 N–H and O–H groups in total. The zero-order valence-electron chi connectivity index (χ0n) is 15.4. The fourth-order valence-corrected chi connectivity index (χ4v) is 2.47. The average Bonchev–Trinajstić information content (AvgIpc) is 2.62. The van der Waals surface area contributed by atoms with Gasteiger partial charge in [0, 0.05) is 35.9 Å². The Morgan fingerprint density at radius 3 is 2.42 bits per heavy atom. The average molecular weight is 387 g/mol. The standard InChI is InChI=1S/C9H17NO5.C9H13NS/c1-9(2,5-11)7(14)8(15)10-4-3-6(12)13;10-6-7-11-8-9-4-2-1-3-5-9/h7,11,14H,3-5H2,1-2H3,(H,10,15)(H,12,13);1-5H,6-8,10H2/t7-;/m0./s1. The number of hydrogen-bond donors (Lipinski definition) is 4. The van der Waals surface area contributed by atoms with Crippen LogP contribution in [0.15, 0.2) is 30.3 Å². The van der Waals surface area contributed by atoms with Crippen molar-refractivity contribution in [2.45, 2.75) is 32.1 Å². The van der Waals surface area contributed by atoms with Crippen molar-refractivity contribution in [3.63, 3.8) is 0 Å². The van der Waals surface area contributed by atoms with Gasteiger partial charge in [-0.15, -0.1) is 0 Å². The summed E-state index contributed by atoms with van der Waals surface area (Å²) in [7, 11) is 0. The van der Waals surface area contributed by atoms with E-state index >= 15 is 0 Å². The van der Waals surface area contributed by atoms with E-state index in [0.29, 0.717) is 0 Å². The summed E-state index contributed by atoms with van der Waals surface area (Å²) in [5.41, 5.74) is 4.25. The first-order valence-corrected chi connectivity index (χ1v) is 9.57. The number of rotatable bonds is 10. The van der Waals surface area contributed by atoms with E-state index in [9.17, 15) is 19.8 Å². The first-order chi connectivity index (χ1) is 12.2. The predicted molar refractivity (Wildman–Crippen MR) is 99.9 cm³/mol. The molecule has 0 spiro atoms. The van der Waals surface area contributed by atoms with E-state index in [1.165, 1.54) is 19.4 Å². The smallest absolute Gasteiger partial charge is 0.249 e. The lowest BCUT2D eigenvalue weighted by molar-refractivity contribution is -0.360. The molecule has 0 unspecified atom stereocenters. The van der Waals surface area contributed by atoms with Crippen LogP contribution in [0.2, 0.25) is 0 Å². The molecule has 1 aromatic carbocycles. The van der Waals surface area contributed by atoms with Crippen molar-refractivity contribution in [3.8, 4) is 0 Å². The van der Waals surface area contributed by atoms with Crippen LogP contribution < -0.4 is 16.2 Å². The summed E-state index contributed by atoms with van der Waals surface area (Å²) in [6.07, 6.45) is -1.68. The fraction of sp³-hybridized carbons (Fsp3) is 0.556. The summed E-state index contributed by atoms with van der Waals surface area (Å²) >= 11 is 1.94. The Balaban J connectivity index is 0.000000502. The zero-order chi connectivity index (χ0) is 20.0. The van der Waals surface area contributed by atoms with Crippen LogP contribution in [0.3, 0.4) is 0 Å². The van der Waals surface area contributed by atoms with Gasteiger partial charge in [0.15, 0.2) is 0 Å². The van der Waals surface area contributed by atoms with Crippen LogP contribution in [0.1, 0.15) is 25.8 Å². The molecule has 26 heavy (non-hydrogen) atoms. The largest absolute Gasteiger partial charge is 0.550 e. The van der Waals surface area contributed by atoms with Crippen LogP contribution >= 0.6 is 11.8 Å². The van der Waals surface area contributed by atoms with Gasteiger partial charge in [-0.3, -0.25) is 4.79 Å². The molecular weight excluding hydrogens is 356 g/mol. The van der Waals surface area contributed by atoms with Gasteiger partial charge < -0.3 is 31.2 Å². The molecule has 0 fully saturated rings. The van der Waals surface area contributed by atoms with Crippen molar-refractivity contribution in [1.82, 2.24) is 5.32 Å². The highest BCUT2D eigenvalue weighted by Gasteiger charge is 2.32. The lowest BCUT2D eigenvalue weighted by Crippen LogP contribution is -2.51. The molecule has 0 saturated carbocycles. The van der Waals surface area contributed by atoms with Gasteiger partial charge in [0.05, 0.1) is 13.2 Å². The van der Waals surface area contributed by atoms with E-state index < -0.39 is 23.4 Å². The molecule has 0 bridgehead atoms. The van der Waals surface area contributed by atoms with Crippen LogP contribution in [-0.4, -0.2) is 53.6 Å². The van der Waals surface area contributed by atoms with Crippen LogP contribution in [0, 0.1) is 5.41 Å². The van der Waals surface area contributed by atoms with Gasteiger partial charge in [-0.25, -0.2) is 0 Å². The highest BCUT2D eigenvalue weighted by atomic mass is 32.2. The molecule has 0 aliphatic heterocycles. The highest BCUT2D eigenvalue weighted by molar-refractivity contribution is 7.98. The van der Waals surface area contributed by atoms with E-state index in [-0.39, 0.29) is 19.6 Å². The molecule has 1 rings (SSSR count). The van der Waals surface area contributed by atoms with Gasteiger partial charge in [0.25, 0.3) is 0 Å². The second-order valence-electron chi connectivity index (χ2n) is 6.35. The number of aliphatic hydroxyl groups excluding tert-OH is 2. The number of amides is 1. The maximum atomic E-state index is 11.2. The SMILES string of the molecule is CC(C)(CO)[C@@H](O)C(=O)NCCC(=O)[O-].[NH3+]CCSCc1ccccc1. The molecule has 0 radical (unpaired) electrons. The van der Waals surface area contributed by atoms with Gasteiger partial charge in [0.1, 0.15) is 6.10 Å². The van der Waals surface area contributed by atoms with Crippen LogP contribution in [0.4, 0.5) is 0 Å². The number of aliphatic carboxylic acids is 1. The van der Waals surface area contributed by atoms with Crippen molar-refractivity contribution >= 4 is 23.6 Å². The molecule has 0 aromatic heterocycles. The topological polar surface area (TPSA) is 137 Å². The normalized spacial score (nSPS) is 11.9. The molecule has 1 atom stereocenters. The number of nitrogens with one attached hydrogen (secondary N) is 1. The minimum absolute atomic E-state index is 0.0975. The zero-order valence-corrected chi connectivity index (χ0v) is 16.3. The summed E-state index contributed by atoms with van der Waals surface area (Å²) < 4.78 is 0. The summed E-state index contributed by atoms with van der Waals surface area (Å²) in [5, 5.41) is 30.6. The number of carbonyl (C=O) groups excluding carboxylic acids is 2. The molecule has 1 aromatic rings. The number of thioether (sulfide) groups is 1. The Morgan fingerprint density at radius 1 is 1.31 bits per heavy atom. The van der Waals surface area contributed by atoms with Gasteiger partial charge >= 0.3 is 0 Å². The maximum Gasteiger partial charge on any atom is 0.249 e. The lowest BCUT2D eigenvalue weighted by Gasteiger charge is -2.27. The van der Waals surface area contributed by atoms with Gasteiger partial charge in [-0.2, -0.15) is 11.8 Å². The van der Waals surface area contributed by atoms with E-state index in [2.05, 4.69) is 41.4 Å². The van der Waals surface area contributed by atoms with Gasteiger partial charge in [0.2, 0.25) is 5.91 Å². The monoisotopic (exact) mass is 386 g/mol. The Kier molecular flexibility index (Phi) is 12.7. The summed E-state index contributed by atoms with van der Waals surface area (Å²) in [4.78, 5) is 21.3. The number of hydrogen-bond acceptors (Lipinski definition) is 6. The minimum atomic E-state index is -1.37. The second kappa shape index (κ2) is 13.6. The lowest BCUT2D eigenvalue weighted by atomic mass is 9.87. The van der Waals surface area contributed by atoms with Gasteiger partial charge in [-0.05, 0) is 5.56 Å². The molecule has 0 heterocycles. The van der Waals surface area contributed by atoms with Crippen molar-refractivity contribution in [2.24, 2.45) is 5.41 Å². The summed E-state index contributed by atoms with van der Waals surface area (Å²) in [6, 6.07) is 10.5. The van der Waals surface area contributed by atoms with E-state index in [4.69, 9.17) is 5.11 Å². The molecule has 0 saturated heterocycles. The van der Waals surface area contributed by atoms with Crippen LogP contribution in [-0.2, 0) is 15.3 Å². The maximum absolute atomic E-state index is 11.2. The number of quaternary nitrogens is 1. The molecule has 0 aliphatic rings. The Bertz CT molecular complexity index is 526. The molecular formula is C18H30N2O5S. The first-order valence-electron chi connectivity index (χ1n) is 8.42. The number of carbonyl (C=O) groups is 2. The number of aliphatic hydroxyl groups is 2. The Hall–Kier alpha value is -1.61. The molecule has 148 valence electrons. The third-order valence-electron chi connectivity index (χ3n) is 3.42. The van der Waals surface area contributed by atoms with Crippen LogP contribution in [0.5, 0.6) is 0 Å². The van der Waals surface area contributed by atoms with Gasteiger partial charge in [-0.1, -0.05) is 44.2 Å². The van der Waals surface area contributed by atoms with E-state index in [1.807, 2.05) is 11.8 Å². The van der Waals surface area contributed by atoms with Crippen molar-refractivity contribution in [2.75, 3.05) is 25.4 Å². The molecule has 1 amide bonds. The number of carboxylic acids is 1. The quantitative estimate of drug-likeness (QED) is 0.372. The predicted octanol–water partition coefficient (Wildman–Crippen LogP) is -1.22. The Labute approximate surface area is 159 Å². The van der Waals surface area contributed by atoms with Crippen LogP contribution in [0.25, 0.3) is 0 Å². The van der Waals surface area contributed by atoms with E-state index in [0.717, 1.165) is 18.1 Å². The summed E-state index contributed by atoms with van der Waals surface area (Å²) in [5.74, 6) is 0.312. The van der Waals surface area contributed by atoms with Crippen molar-refractivity contribution in [1.29, 1.82) is 0 Å². The third-order valence-corrected chi connectivity index (χ3v) is 4.54.